The van der Waals surface area contributed by atoms with Gasteiger partial charge in [0.25, 0.3) is 0 Å². The number of alkyl halides is 4. The Kier molecular flexibility index (Phi) is 8.70. The Morgan fingerprint density at radius 3 is 2.49 bits per heavy atom. The number of carbonyl (C=O) groups is 2. The van der Waals surface area contributed by atoms with Gasteiger partial charge in [0.05, 0.1) is 23.1 Å². The van der Waals surface area contributed by atoms with Gasteiger partial charge in [-0.05, 0) is 44.2 Å². The molecule has 2 N–H and O–H groups in total. The highest BCUT2D eigenvalue weighted by Gasteiger charge is 2.42. The number of hydrogen-bond acceptors (Lipinski definition) is 8. The van der Waals surface area contributed by atoms with Crippen LogP contribution in [0.3, 0.4) is 0 Å². The van der Waals surface area contributed by atoms with Crippen molar-refractivity contribution < 1.29 is 31.9 Å². The number of rotatable bonds is 9. The van der Waals surface area contributed by atoms with E-state index in [1.165, 1.54) is 0 Å². The van der Waals surface area contributed by atoms with Crippen molar-refractivity contribution in [2.45, 2.75) is 63.5 Å². The fourth-order valence-corrected chi connectivity index (χ4v) is 4.44. The topological polar surface area (TPSA) is 113 Å². The molecule has 0 aromatic carbocycles. The van der Waals surface area contributed by atoms with E-state index in [1.807, 2.05) is 0 Å². The molecule has 0 bridgehead atoms. The molecule has 2 aromatic rings. The monoisotopic (exact) mass is 553 g/mol. The molecule has 1 saturated carbocycles. The van der Waals surface area contributed by atoms with E-state index >= 15 is 0 Å². The minimum Gasteiger partial charge on any atom is -0.456 e. The molecule has 39 heavy (non-hydrogen) atoms. The molecule has 0 spiro atoms. The van der Waals surface area contributed by atoms with Gasteiger partial charge in [-0.2, -0.15) is 18.2 Å². The Labute approximate surface area is 223 Å². The van der Waals surface area contributed by atoms with Crippen LogP contribution in [-0.2, 0) is 9.53 Å². The van der Waals surface area contributed by atoms with E-state index in [0.717, 1.165) is 0 Å². The first-order valence-corrected chi connectivity index (χ1v) is 12.8. The highest BCUT2D eigenvalue weighted by Crippen LogP contribution is 2.31. The van der Waals surface area contributed by atoms with E-state index in [2.05, 4.69) is 30.3 Å². The molecule has 2 amide bonds. The van der Waals surface area contributed by atoms with Gasteiger partial charge in [0.2, 0.25) is 5.95 Å². The zero-order chi connectivity index (χ0) is 28.2. The summed E-state index contributed by atoms with van der Waals surface area (Å²) >= 11 is 0. The zero-order valence-electron chi connectivity index (χ0n) is 21.7. The molecule has 14 heteroatoms. The summed E-state index contributed by atoms with van der Waals surface area (Å²) in [6.45, 7) is 2.94. The van der Waals surface area contributed by atoms with Crippen LogP contribution in [0.2, 0.25) is 0 Å². The molecule has 1 saturated heterocycles. The van der Waals surface area contributed by atoms with Crippen LogP contribution in [0.25, 0.3) is 11.3 Å². The predicted octanol–water partition coefficient (Wildman–Crippen LogP) is 4.40. The highest BCUT2D eigenvalue weighted by molar-refractivity contribution is 5.94. The summed E-state index contributed by atoms with van der Waals surface area (Å²) in [5.41, 5.74) is 1.76. The third-order valence-electron chi connectivity index (χ3n) is 6.79. The lowest BCUT2D eigenvalue weighted by Gasteiger charge is -2.30. The molecule has 1 atom stereocenters. The van der Waals surface area contributed by atoms with E-state index < -0.39 is 24.4 Å². The number of hydrogen-bond donors (Lipinski definition) is 2. The third kappa shape index (κ3) is 7.03. The molecule has 10 nitrogen and oxygen atoms in total. The summed E-state index contributed by atoms with van der Waals surface area (Å²) < 4.78 is 56.0. The molecule has 0 unspecified atom stereocenters. The summed E-state index contributed by atoms with van der Waals surface area (Å²) in [6, 6.07) is 3.26. The number of carbonyl (C=O) groups excluding carboxylic acids is 2. The second-order valence-corrected chi connectivity index (χ2v) is 9.62. The number of aromatic nitrogens is 3. The summed E-state index contributed by atoms with van der Waals surface area (Å²) in [5.74, 6) is -1.54. The smallest absolute Gasteiger partial charge is 0.456 e. The Morgan fingerprint density at radius 2 is 1.90 bits per heavy atom. The lowest BCUT2D eigenvalue weighted by molar-refractivity contribution is -0.206. The maximum Gasteiger partial charge on any atom is 0.490 e. The number of halogens is 4. The van der Waals surface area contributed by atoms with Crippen molar-refractivity contribution in [1.82, 2.24) is 19.9 Å². The number of nitrogens with zero attached hydrogens (tertiary/aromatic N) is 5. The second kappa shape index (κ2) is 12.0. The van der Waals surface area contributed by atoms with Crippen molar-refractivity contribution in [3.63, 3.8) is 0 Å². The molecular formula is C25H31F4N7O3. The minimum atomic E-state index is -5.02. The van der Waals surface area contributed by atoms with Gasteiger partial charge in [-0.25, -0.2) is 19.0 Å². The number of pyridine rings is 1. The van der Waals surface area contributed by atoms with Crippen LogP contribution in [0.4, 0.5) is 39.8 Å². The SMILES string of the molecule is CC[C@H](F)CNc1ncc(-c2ccc(N3CCN(C)C3=O)cn2)c(NC2CCC(OC(=O)C(F)(F)F)CC2)n1. The van der Waals surface area contributed by atoms with Crippen LogP contribution in [0.15, 0.2) is 24.5 Å². The first-order chi connectivity index (χ1) is 18.5. The van der Waals surface area contributed by atoms with Crippen molar-refractivity contribution in [1.29, 1.82) is 0 Å². The lowest BCUT2D eigenvalue weighted by Crippen LogP contribution is -2.35. The van der Waals surface area contributed by atoms with E-state index in [9.17, 15) is 27.2 Å². The molecule has 0 radical (unpaired) electrons. The molecule has 1 aliphatic carbocycles. The second-order valence-electron chi connectivity index (χ2n) is 9.62. The van der Waals surface area contributed by atoms with Gasteiger partial charge >= 0.3 is 18.2 Å². The average molecular weight is 554 g/mol. The van der Waals surface area contributed by atoms with Gasteiger partial charge in [-0.3, -0.25) is 9.88 Å². The van der Waals surface area contributed by atoms with Crippen LogP contribution >= 0.6 is 0 Å². The van der Waals surface area contributed by atoms with Crippen molar-refractivity contribution in [2.75, 3.05) is 42.2 Å². The standard InChI is InChI=1S/C25H31F4N7O3/c1-3-15(26)12-31-23-32-14-19(20-9-6-17(13-30-20)36-11-10-35(2)24(36)38)21(34-23)33-16-4-7-18(8-5-16)39-22(37)25(27,28)29/h6,9,13-16,18H,3-5,7-8,10-12H2,1-2H3,(H2,31,32,33,34)/t15-,16?,18?/m0/s1. The Balaban J connectivity index is 1.49. The van der Waals surface area contributed by atoms with Crippen molar-refractivity contribution in [3.8, 4) is 11.3 Å². The van der Waals surface area contributed by atoms with E-state index in [4.69, 9.17) is 0 Å². The van der Waals surface area contributed by atoms with E-state index in [0.29, 0.717) is 55.1 Å². The number of nitrogens with one attached hydrogen (secondary N) is 2. The first-order valence-electron chi connectivity index (χ1n) is 12.8. The van der Waals surface area contributed by atoms with Crippen LogP contribution in [0, 0.1) is 0 Å². The number of anilines is 3. The number of ether oxygens (including phenoxy) is 1. The summed E-state index contributed by atoms with van der Waals surface area (Å²) in [5, 5.41) is 6.20. The average Bonchev–Trinajstić information content (AvgIpc) is 3.25. The minimum absolute atomic E-state index is 0.0379. The number of likely N-dealkylation sites (N-methyl/N-ethyl adjacent to an activating group) is 1. The normalized spacial score (nSPS) is 20.6. The summed E-state index contributed by atoms with van der Waals surface area (Å²) in [7, 11) is 1.73. The largest absolute Gasteiger partial charge is 0.490 e. The Hall–Kier alpha value is -3.71. The Bertz CT molecular complexity index is 1160. The molecule has 1 aliphatic heterocycles. The van der Waals surface area contributed by atoms with Crippen LogP contribution in [-0.4, -0.2) is 83.0 Å². The Morgan fingerprint density at radius 1 is 1.15 bits per heavy atom. The molecule has 2 aromatic heterocycles. The number of amides is 2. The van der Waals surface area contributed by atoms with E-state index in [1.54, 1.807) is 48.3 Å². The van der Waals surface area contributed by atoms with Crippen molar-refractivity contribution in [3.05, 3.63) is 24.5 Å². The first kappa shape index (κ1) is 28.3. The van der Waals surface area contributed by atoms with Gasteiger partial charge in [-0.15, -0.1) is 0 Å². The van der Waals surface area contributed by atoms with Crippen LogP contribution in [0.1, 0.15) is 39.0 Å². The third-order valence-corrected chi connectivity index (χ3v) is 6.79. The zero-order valence-corrected chi connectivity index (χ0v) is 21.7. The molecule has 4 rings (SSSR count). The lowest BCUT2D eigenvalue weighted by atomic mass is 9.92. The quantitative estimate of drug-likeness (QED) is 0.347. The highest BCUT2D eigenvalue weighted by atomic mass is 19.4. The number of esters is 1. The summed E-state index contributed by atoms with van der Waals surface area (Å²) in [6.07, 6.45) is -2.00. The number of urea groups is 1. The van der Waals surface area contributed by atoms with Gasteiger partial charge in [0.15, 0.2) is 0 Å². The molecule has 2 aliphatic rings. The van der Waals surface area contributed by atoms with Crippen molar-refractivity contribution >= 4 is 29.5 Å². The van der Waals surface area contributed by atoms with E-state index in [-0.39, 0.29) is 37.4 Å². The molecule has 2 fully saturated rings. The van der Waals surface area contributed by atoms with Gasteiger partial charge in [0.1, 0.15) is 18.1 Å². The summed E-state index contributed by atoms with van der Waals surface area (Å²) in [4.78, 5) is 40.1. The fraction of sp³-hybridized carbons (Fsp3) is 0.560. The maximum absolute atomic E-state index is 13.8. The van der Waals surface area contributed by atoms with Crippen LogP contribution < -0.4 is 15.5 Å². The van der Waals surface area contributed by atoms with Crippen LogP contribution in [0.5, 0.6) is 0 Å². The van der Waals surface area contributed by atoms with Gasteiger partial charge in [-0.1, -0.05) is 6.92 Å². The predicted molar refractivity (Wildman–Crippen MR) is 136 cm³/mol. The molecular weight excluding hydrogens is 522 g/mol. The van der Waals surface area contributed by atoms with Gasteiger partial charge < -0.3 is 20.3 Å². The van der Waals surface area contributed by atoms with Gasteiger partial charge in [0, 0.05) is 38.9 Å². The molecule has 212 valence electrons. The maximum atomic E-state index is 13.8. The fourth-order valence-electron chi connectivity index (χ4n) is 4.44. The van der Waals surface area contributed by atoms with Crippen molar-refractivity contribution in [2.24, 2.45) is 0 Å². The molecule has 3 heterocycles.